The molecule has 2 aliphatic rings. The number of hydrogen-bond acceptors (Lipinski definition) is 17. The number of anilines is 2. The van der Waals surface area contributed by atoms with Crippen LogP contribution in [0.25, 0.3) is 20.4 Å². The van der Waals surface area contributed by atoms with Crippen molar-refractivity contribution in [2.45, 2.75) is 48.4 Å². The number of carbonyl (C=O) groups excluding carboxylic acids is 5. The van der Waals surface area contributed by atoms with Crippen LogP contribution in [0.2, 0.25) is 10.0 Å². The highest BCUT2D eigenvalue weighted by atomic mass is 35.5. The Hall–Kier alpha value is -6.15. The number of likely N-dealkylation sites (tertiary alicyclic amines) is 1. The Morgan fingerprint density at radius 2 is 1.10 bits per heavy atom. The fourth-order valence-corrected chi connectivity index (χ4v) is 9.85. The zero-order chi connectivity index (χ0) is 50.0. The number of imide groups is 2. The number of fused-ring (bicyclic) bond motifs is 2. The second-order valence-corrected chi connectivity index (χ2v) is 23.4. The number of ether oxygens (including phenoxy) is 3. The van der Waals surface area contributed by atoms with Crippen LogP contribution in [-0.4, -0.2) is 118 Å². The van der Waals surface area contributed by atoms with E-state index in [9.17, 15) is 40.8 Å². The van der Waals surface area contributed by atoms with E-state index in [4.69, 9.17) is 37.4 Å². The standard InChI is InChI=1S/C24H25ClN4O7S2.C19H17ClN4O5S2/c1-24(2,3)36-23(32)29-11-14(12-29)35-13-5-7-17(25)16(9-13)20(30)27-21(31)28-22-26-18-8-6-15(38(4,33)34)10-19(18)37-22;1-31(27,28)12-3-5-15-16(7-12)30-19(22-15)24-18(26)23-17(25)13-6-10(2-4-14(13)20)29-11-8-21-9-11/h5-10,14H,11-12H2,1-4H3,(H2,26,27,28,30,31);2-7,11,21H,8-9H2,1H3,(H2,22,23,24,25,26). The van der Waals surface area contributed by atoms with Gasteiger partial charge in [-0.1, -0.05) is 45.9 Å². The van der Waals surface area contributed by atoms with E-state index in [1.807, 2.05) is 0 Å². The van der Waals surface area contributed by atoms with Gasteiger partial charge in [0.05, 0.1) is 64.5 Å². The van der Waals surface area contributed by atoms with E-state index in [1.54, 1.807) is 39.0 Å². The maximum atomic E-state index is 12.7. The van der Waals surface area contributed by atoms with E-state index in [0.29, 0.717) is 45.0 Å². The molecule has 26 heteroatoms. The number of aromatic nitrogens is 2. The summed E-state index contributed by atoms with van der Waals surface area (Å²) >= 11 is 14.4. The zero-order valence-electron chi connectivity index (χ0n) is 37.0. The molecule has 0 aliphatic carbocycles. The first-order valence-corrected chi connectivity index (χ1v) is 26.6. The molecule has 0 radical (unpaired) electrons. The van der Waals surface area contributed by atoms with Crippen molar-refractivity contribution in [3.8, 4) is 11.5 Å². The zero-order valence-corrected chi connectivity index (χ0v) is 41.8. The largest absolute Gasteiger partial charge is 0.488 e. The van der Waals surface area contributed by atoms with Gasteiger partial charge in [0.2, 0.25) is 0 Å². The van der Waals surface area contributed by atoms with E-state index in [0.717, 1.165) is 48.3 Å². The topological polar surface area (TPSA) is 270 Å². The highest BCUT2D eigenvalue weighted by molar-refractivity contribution is 7.91. The molecule has 5 N–H and O–H groups in total. The third kappa shape index (κ3) is 13.3. The van der Waals surface area contributed by atoms with Gasteiger partial charge in [-0.15, -0.1) is 0 Å². The van der Waals surface area contributed by atoms with Crippen molar-refractivity contribution >= 4 is 126 Å². The summed E-state index contributed by atoms with van der Waals surface area (Å²) in [7, 11) is -6.75. The number of halogens is 2. The van der Waals surface area contributed by atoms with Gasteiger partial charge in [0.1, 0.15) is 29.3 Å². The lowest BCUT2D eigenvalue weighted by Gasteiger charge is -2.39. The molecular formula is C43H42Cl2N8O12S4. The predicted octanol–water partition coefficient (Wildman–Crippen LogP) is 6.98. The summed E-state index contributed by atoms with van der Waals surface area (Å²) in [6, 6.07) is 16.4. The number of hydrogen-bond donors (Lipinski definition) is 5. The molecule has 0 bridgehead atoms. The summed E-state index contributed by atoms with van der Waals surface area (Å²) in [5.74, 6) is -0.626. The van der Waals surface area contributed by atoms with Crippen molar-refractivity contribution in [1.29, 1.82) is 0 Å². The molecule has 364 valence electrons. The lowest BCUT2D eigenvalue weighted by atomic mass is 10.1. The molecule has 20 nitrogen and oxygen atoms in total. The average Bonchev–Trinajstić information content (AvgIpc) is 3.82. The van der Waals surface area contributed by atoms with Crippen molar-refractivity contribution in [1.82, 2.24) is 30.8 Å². The summed E-state index contributed by atoms with van der Waals surface area (Å²) in [5.41, 5.74) is 0.548. The molecule has 69 heavy (non-hydrogen) atoms. The minimum absolute atomic E-state index is 0.0183. The summed E-state index contributed by atoms with van der Waals surface area (Å²) in [5, 5.41) is 13.1. The number of carbonyl (C=O) groups is 5. The lowest BCUT2D eigenvalue weighted by molar-refractivity contribution is -0.0221. The Kier molecular flexibility index (Phi) is 15.0. The van der Waals surface area contributed by atoms with Crippen LogP contribution in [0.1, 0.15) is 41.5 Å². The minimum Gasteiger partial charge on any atom is -0.488 e. The fraction of sp³-hybridized carbons (Fsp3) is 0.279. The monoisotopic (exact) mass is 1060 g/mol. The number of nitrogens with zero attached hydrogens (tertiary/aromatic N) is 3. The van der Waals surface area contributed by atoms with Gasteiger partial charge in [-0.25, -0.2) is 41.2 Å². The van der Waals surface area contributed by atoms with Gasteiger partial charge in [-0.3, -0.25) is 30.9 Å². The quantitative estimate of drug-likeness (QED) is 0.0926. The van der Waals surface area contributed by atoms with E-state index >= 15 is 0 Å². The van der Waals surface area contributed by atoms with Crippen molar-refractivity contribution in [3.05, 3.63) is 94.0 Å². The normalized spacial score (nSPS) is 14.1. The van der Waals surface area contributed by atoms with Gasteiger partial charge >= 0.3 is 18.2 Å². The molecule has 4 aromatic carbocycles. The highest BCUT2D eigenvalue weighted by Crippen LogP contribution is 2.31. The number of rotatable bonds is 10. The molecule has 6 aromatic rings. The van der Waals surface area contributed by atoms with Crippen LogP contribution in [0, 0.1) is 0 Å². The van der Waals surface area contributed by atoms with Gasteiger partial charge in [-0.05, 0) is 93.6 Å². The van der Waals surface area contributed by atoms with Crippen LogP contribution < -0.4 is 36.1 Å². The summed E-state index contributed by atoms with van der Waals surface area (Å²) < 4.78 is 64.9. The fourth-order valence-electron chi connectivity index (χ4n) is 6.20. The first-order chi connectivity index (χ1) is 32.4. The van der Waals surface area contributed by atoms with Gasteiger partial charge in [0.15, 0.2) is 29.9 Å². The van der Waals surface area contributed by atoms with Crippen LogP contribution in [-0.2, 0) is 24.4 Å². The molecule has 0 atom stereocenters. The summed E-state index contributed by atoms with van der Waals surface area (Å²) in [6.45, 7) is 7.46. The third-order valence-electron chi connectivity index (χ3n) is 9.69. The number of nitrogens with one attached hydrogen (secondary N) is 5. The molecule has 2 aromatic heterocycles. The van der Waals surface area contributed by atoms with Crippen LogP contribution in [0.4, 0.5) is 24.6 Å². The maximum absolute atomic E-state index is 12.7. The number of sulfone groups is 2. The van der Waals surface area contributed by atoms with Crippen LogP contribution >= 0.6 is 45.9 Å². The van der Waals surface area contributed by atoms with E-state index in [-0.39, 0.29) is 53.4 Å². The third-order valence-corrected chi connectivity index (χ3v) is 14.4. The van der Waals surface area contributed by atoms with Gasteiger partial charge < -0.3 is 24.4 Å². The van der Waals surface area contributed by atoms with E-state index in [2.05, 4.69) is 36.6 Å². The average molecular weight is 1060 g/mol. The molecule has 2 saturated heterocycles. The molecule has 8 rings (SSSR count). The van der Waals surface area contributed by atoms with Crippen LogP contribution in [0.15, 0.2) is 82.6 Å². The Labute approximate surface area is 412 Å². The number of thiazole rings is 2. The first-order valence-electron chi connectivity index (χ1n) is 20.4. The summed E-state index contributed by atoms with van der Waals surface area (Å²) in [6.07, 6.45) is 1.53. The summed E-state index contributed by atoms with van der Waals surface area (Å²) in [4.78, 5) is 72.3. The van der Waals surface area contributed by atoms with Crippen LogP contribution in [0.3, 0.4) is 0 Å². The van der Waals surface area contributed by atoms with Crippen molar-refractivity contribution < 1.29 is 55.0 Å². The first kappa shape index (κ1) is 50.7. The Morgan fingerprint density at radius 3 is 1.49 bits per heavy atom. The molecule has 4 heterocycles. The van der Waals surface area contributed by atoms with Gasteiger partial charge in [0.25, 0.3) is 11.8 Å². The van der Waals surface area contributed by atoms with E-state index < -0.39 is 55.2 Å². The molecule has 2 aliphatic heterocycles. The molecule has 7 amide bonds. The van der Waals surface area contributed by atoms with Crippen LogP contribution in [0.5, 0.6) is 11.5 Å². The van der Waals surface area contributed by atoms with E-state index in [1.165, 1.54) is 59.5 Å². The second kappa shape index (κ2) is 20.4. The minimum atomic E-state index is -3.39. The number of benzene rings is 4. The lowest BCUT2D eigenvalue weighted by Crippen LogP contribution is -2.57. The van der Waals surface area contributed by atoms with Gasteiger partial charge in [0, 0.05) is 25.6 Å². The molecule has 0 saturated carbocycles. The maximum Gasteiger partial charge on any atom is 0.410 e. The SMILES string of the molecule is CC(C)(C)OC(=O)N1CC(Oc2ccc(Cl)c(C(=O)NC(=O)Nc3nc4ccc(S(C)(=O)=O)cc4s3)c2)C1.CS(=O)(=O)c1ccc2nc(NC(=O)NC(=O)c3cc(OC4CNC4)ccc3Cl)sc2c1. The predicted molar refractivity (Wildman–Crippen MR) is 261 cm³/mol. The molecule has 0 spiro atoms. The highest BCUT2D eigenvalue weighted by Gasteiger charge is 2.35. The van der Waals surface area contributed by atoms with Gasteiger partial charge in [-0.2, -0.15) is 0 Å². The number of urea groups is 2. The molecule has 2 fully saturated rings. The van der Waals surface area contributed by atoms with Crippen molar-refractivity contribution in [3.63, 3.8) is 0 Å². The number of amides is 7. The molecular weight excluding hydrogens is 1020 g/mol. The smallest absolute Gasteiger partial charge is 0.410 e. The Balaban J connectivity index is 0.000000208. The van der Waals surface area contributed by atoms with Crippen molar-refractivity contribution in [2.75, 3.05) is 49.3 Å². The Bertz CT molecular complexity index is 3240. The Morgan fingerprint density at radius 1 is 0.667 bits per heavy atom. The second-order valence-electron chi connectivity index (χ2n) is 16.5. The molecule has 0 unspecified atom stereocenters. The van der Waals surface area contributed by atoms with Crippen molar-refractivity contribution in [2.24, 2.45) is 0 Å².